The summed E-state index contributed by atoms with van der Waals surface area (Å²) in [5.74, 6) is 10.3. The molecule has 4 amide bonds. The van der Waals surface area contributed by atoms with Gasteiger partial charge in [-0.2, -0.15) is 0 Å². The van der Waals surface area contributed by atoms with Crippen molar-refractivity contribution in [2.75, 3.05) is 39.4 Å². The molecule has 4 fully saturated rings. The molecular weight excluding hydrogens is 909 g/mol. The quantitative estimate of drug-likeness (QED) is 0.0912. The van der Waals surface area contributed by atoms with Crippen molar-refractivity contribution in [2.45, 2.75) is 134 Å². The Hall–Kier alpha value is -5.88. The maximum absolute atomic E-state index is 14.3. The molecule has 4 N–H and O–H groups in total. The molecule has 0 radical (unpaired) electrons. The maximum Gasteiger partial charge on any atom is 0.248 e. The van der Waals surface area contributed by atoms with Crippen molar-refractivity contribution in [3.05, 3.63) is 60.7 Å². The number of rotatable bonds is 20. The van der Waals surface area contributed by atoms with Gasteiger partial charge in [0, 0.05) is 22.9 Å². The number of tetrazole rings is 2. The number of amides is 4. The van der Waals surface area contributed by atoms with E-state index in [4.69, 9.17) is 9.47 Å². The second-order valence-corrected chi connectivity index (χ2v) is 19.1. The van der Waals surface area contributed by atoms with Gasteiger partial charge in [-0.25, -0.2) is 9.36 Å². The molecule has 20 nitrogen and oxygen atoms in total. The average molecular weight is 965 g/mol. The zero-order valence-corrected chi connectivity index (χ0v) is 39.7. The zero-order valence-electron chi connectivity index (χ0n) is 38.0. The van der Waals surface area contributed by atoms with Crippen LogP contribution in [0.1, 0.15) is 52.4 Å². The van der Waals surface area contributed by atoms with Gasteiger partial charge in [0.1, 0.15) is 25.3 Å². The Bertz CT molecular complexity index is 2300. The van der Waals surface area contributed by atoms with Crippen LogP contribution in [0.3, 0.4) is 0 Å². The number of benzene rings is 2. The Kier molecular flexibility index (Phi) is 17.1. The standard InChI is InChI=1S/C46H56N14O6S2/c1-31(39(49-41(61)37-21-23-47-37)43(63)57-25-13-15-33(57)29-59-45(51-53-55-59)67-35-17-7-5-8-18-35)65-27-11-3-4-12-28-66-32(2)40(50-42(62)38-22-24-48-38)44(64)58-26-14-16-34(58)30-60-46(52-54-56-60)68-36-19-9-6-10-20-36/h5-10,17-20,31-34,37-40,47-48H,13-16,21-30H2,1-2H3,(H,49,61)(H,50,62)/t31-,32+,33+,34-,37+,38-,39+,40-. The molecule has 4 saturated heterocycles. The fourth-order valence-corrected chi connectivity index (χ4v) is 9.93. The summed E-state index contributed by atoms with van der Waals surface area (Å²) < 4.78 is 15.5. The average Bonchev–Trinajstić information content (AvgIpc) is 4.15. The van der Waals surface area contributed by atoms with Crippen LogP contribution in [0.2, 0.25) is 0 Å². The van der Waals surface area contributed by atoms with Crippen molar-refractivity contribution in [3.63, 3.8) is 0 Å². The molecule has 2 aromatic carbocycles. The van der Waals surface area contributed by atoms with E-state index in [1.165, 1.54) is 23.5 Å². The molecule has 68 heavy (non-hydrogen) atoms. The second-order valence-electron chi connectivity index (χ2n) is 17.0. The highest BCUT2D eigenvalue weighted by Crippen LogP contribution is 2.29. The summed E-state index contributed by atoms with van der Waals surface area (Å²) in [5, 5.41) is 38.0. The van der Waals surface area contributed by atoms with Crippen LogP contribution in [-0.4, -0.2) is 162 Å². The number of likely N-dealkylation sites (tertiary alicyclic amines) is 2. The van der Waals surface area contributed by atoms with E-state index >= 15 is 0 Å². The molecule has 0 bridgehead atoms. The highest BCUT2D eigenvalue weighted by molar-refractivity contribution is 7.99. The van der Waals surface area contributed by atoms with E-state index in [2.05, 4.69) is 76.0 Å². The zero-order chi connectivity index (χ0) is 47.2. The van der Waals surface area contributed by atoms with Crippen molar-refractivity contribution < 1.29 is 28.7 Å². The van der Waals surface area contributed by atoms with Crippen molar-refractivity contribution in [2.24, 2.45) is 0 Å². The normalized spacial score (nSPS) is 21.4. The van der Waals surface area contributed by atoms with E-state index in [-0.39, 0.29) is 61.0 Å². The van der Waals surface area contributed by atoms with Gasteiger partial charge in [0.15, 0.2) is 0 Å². The first-order valence-corrected chi connectivity index (χ1v) is 24.7. The van der Waals surface area contributed by atoms with Crippen LogP contribution < -0.4 is 21.3 Å². The fourth-order valence-electron chi connectivity index (χ4n) is 8.34. The van der Waals surface area contributed by atoms with Crippen molar-refractivity contribution in [3.8, 4) is 23.7 Å². The lowest BCUT2D eigenvalue weighted by Gasteiger charge is -2.34. The number of carbonyl (C=O) groups excluding carboxylic acids is 4. The van der Waals surface area contributed by atoms with Crippen LogP contribution in [0.25, 0.3) is 0 Å². The predicted octanol–water partition coefficient (Wildman–Crippen LogP) is 1.15. The molecule has 8 rings (SSSR count). The molecule has 2 aromatic heterocycles. The molecule has 0 aliphatic carbocycles. The molecule has 358 valence electrons. The minimum Gasteiger partial charge on any atom is -0.363 e. The Morgan fingerprint density at radius 3 is 1.46 bits per heavy atom. The van der Waals surface area contributed by atoms with Gasteiger partial charge in [0.25, 0.3) is 0 Å². The molecule has 4 aliphatic heterocycles. The van der Waals surface area contributed by atoms with E-state index < -0.39 is 24.3 Å². The highest BCUT2D eigenvalue weighted by atomic mass is 32.2. The number of nitrogens with one attached hydrogen (secondary N) is 4. The van der Waals surface area contributed by atoms with E-state index in [1.807, 2.05) is 60.7 Å². The maximum atomic E-state index is 14.3. The number of aromatic nitrogens is 8. The first-order valence-electron chi connectivity index (χ1n) is 23.1. The Balaban J connectivity index is 0.849. The van der Waals surface area contributed by atoms with Crippen molar-refractivity contribution in [1.29, 1.82) is 0 Å². The molecule has 4 aromatic rings. The van der Waals surface area contributed by atoms with Gasteiger partial charge in [-0.3, -0.25) is 19.2 Å². The van der Waals surface area contributed by atoms with Crippen LogP contribution in [-0.2, 0) is 41.7 Å². The lowest BCUT2D eigenvalue weighted by molar-refractivity contribution is -0.142. The number of hydrogen-bond donors (Lipinski definition) is 4. The molecule has 8 atom stereocenters. The number of carbonyl (C=O) groups is 4. The van der Waals surface area contributed by atoms with Gasteiger partial charge in [-0.05, 0) is 146 Å². The van der Waals surface area contributed by atoms with Crippen molar-refractivity contribution in [1.82, 2.24) is 71.5 Å². The summed E-state index contributed by atoms with van der Waals surface area (Å²) in [7, 11) is 0. The van der Waals surface area contributed by atoms with Gasteiger partial charge in [-0.1, -0.05) is 48.2 Å². The van der Waals surface area contributed by atoms with Gasteiger partial charge < -0.3 is 40.5 Å². The predicted molar refractivity (Wildman–Crippen MR) is 249 cm³/mol. The molecule has 4 aliphatic rings. The monoisotopic (exact) mass is 964 g/mol. The third kappa shape index (κ3) is 12.6. The Morgan fingerprint density at radius 1 is 0.662 bits per heavy atom. The summed E-state index contributed by atoms with van der Waals surface area (Å²) in [6.45, 7) is 6.73. The molecule has 6 heterocycles. The number of hydrogen-bond acceptors (Lipinski definition) is 16. The Labute approximate surface area is 403 Å². The van der Waals surface area contributed by atoms with Crippen LogP contribution in [0.4, 0.5) is 0 Å². The van der Waals surface area contributed by atoms with Gasteiger partial charge in [-0.15, -0.1) is 10.2 Å². The third-order valence-electron chi connectivity index (χ3n) is 12.4. The van der Waals surface area contributed by atoms with Crippen LogP contribution in [0, 0.1) is 23.7 Å². The van der Waals surface area contributed by atoms with Gasteiger partial charge in [0.2, 0.25) is 33.9 Å². The molecule has 0 unspecified atom stereocenters. The summed E-state index contributed by atoms with van der Waals surface area (Å²) >= 11 is 2.90. The van der Waals surface area contributed by atoms with Crippen LogP contribution in [0.5, 0.6) is 0 Å². The van der Waals surface area contributed by atoms with Gasteiger partial charge in [0.05, 0.1) is 49.5 Å². The molecule has 22 heteroatoms. The van der Waals surface area contributed by atoms with E-state index in [0.717, 1.165) is 48.6 Å². The summed E-state index contributed by atoms with van der Waals surface area (Å²) in [6.07, 6.45) is 3.06. The lowest BCUT2D eigenvalue weighted by atomic mass is 10.0. The molecular formula is C46H56N14O6S2. The number of ether oxygens (including phenoxy) is 2. The van der Waals surface area contributed by atoms with E-state index in [0.29, 0.717) is 49.3 Å². The summed E-state index contributed by atoms with van der Waals surface area (Å²) in [4.78, 5) is 60.5. The van der Waals surface area contributed by atoms with Gasteiger partial charge >= 0.3 is 0 Å². The molecule has 0 spiro atoms. The fraction of sp³-hybridized carbons (Fsp3) is 0.522. The van der Waals surface area contributed by atoms with Crippen molar-refractivity contribution >= 4 is 47.2 Å². The second kappa shape index (κ2) is 23.9. The van der Waals surface area contributed by atoms with Crippen LogP contribution >= 0.6 is 23.5 Å². The minimum absolute atomic E-state index is 0.0472. The highest BCUT2D eigenvalue weighted by Gasteiger charge is 2.41. The van der Waals surface area contributed by atoms with E-state index in [9.17, 15) is 19.2 Å². The topological polar surface area (TPSA) is 229 Å². The smallest absolute Gasteiger partial charge is 0.248 e. The summed E-state index contributed by atoms with van der Waals surface area (Å²) in [6, 6.07) is 16.6. The number of nitrogens with zero attached hydrogens (tertiary/aromatic N) is 10. The largest absolute Gasteiger partial charge is 0.363 e. The SMILES string of the molecule is C[C@H](OCC#CC#CCO[C@H](C)[C@H](NC(=O)[C@@H]1CCN1)C(=O)N1CCC[C@H]1Cn1nnnc1Sc1ccccc1)[C@@H](NC(=O)[C@H]1CCN1)C(=O)N1CCC[C@@H]1Cn1nnnc1Sc1ccccc1. The first-order chi connectivity index (χ1) is 33.2. The lowest BCUT2D eigenvalue weighted by Crippen LogP contribution is -2.61. The third-order valence-corrected chi connectivity index (χ3v) is 14.4. The minimum atomic E-state index is -0.956. The van der Waals surface area contributed by atoms with Crippen LogP contribution in [0.15, 0.2) is 80.8 Å². The molecule has 0 saturated carbocycles. The first kappa shape index (κ1) is 48.6. The Morgan fingerprint density at radius 2 is 1.07 bits per heavy atom. The summed E-state index contributed by atoms with van der Waals surface area (Å²) in [5.41, 5.74) is 0. The van der Waals surface area contributed by atoms with E-state index in [1.54, 1.807) is 33.0 Å².